The highest BCUT2D eigenvalue weighted by Gasteiger charge is 2.60. The predicted molar refractivity (Wildman–Crippen MR) is 172 cm³/mol. The Hall–Kier alpha value is -4.79. The third kappa shape index (κ3) is 2.52. The molecule has 7 aromatic rings. The van der Waals surface area contributed by atoms with Gasteiger partial charge >= 0.3 is 6.57 Å². The van der Waals surface area contributed by atoms with Crippen LogP contribution in [0, 0.1) is 0 Å². The molecule has 1 atom stereocenters. The van der Waals surface area contributed by atoms with Crippen molar-refractivity contribution in [2.75, 3.05) is 4.81 Å². The molecule has 10 rings (SSSR count). The first kappa shape index (κ1) is 22.0. The van der Waals surface area contributed by atoms with Crippen LogP contribution in [0.2, 0.25) is 0 Å². The highest BCUT2D eigenvalue weighted by Crippen LogP contribution is 2.65. The molecular weight excluding hydrogens is 518 g/mol. The van der Waals surface area contributed by atoms with Crippen LogP contribution >= 0.6 is 7.02 Å². The van der Waals surface area contributed by atoms with E-state index >= 15 is 4.57 Å². The zero-order chi connectivity index (χ0) is 26.9. The molecule has 3 aliphatic rings. The van der Waals surface area contributed by atoms with E-state index in [0.29, 0.717) is 0 Å². The van der Waals surface area contributed by atoms with Crippen LogP contribution in [0.4, 0.5) is 11.4 Å². The third-order valence-corrected chi connectivity index (χ3v) is 12.8. The maximum atomic E-state index is 15.8. The second-order valence-corrected chi connectivity index (χ2v) is 14.0. The molecular formula is C36H22BN2OP. The summed E-state index contributed by atoms with van der Waals surface area (Å²) in [5.74, 6) is 0. The van der Waals surface area contributed by atoms with Gasteiger partial charge in [0.1, 0.15) is 7.02 Å². The molecule has 0 saturated carbocycles. The average molecular weight is 540 g/mol. The Bertz CT molecular complexity index is 2280. The molecule has 0 amide bonds. The Balaban J connectivity index is 1.27. The van der Waals surface area contributed by atoms with Crippen LogP contribution in [0.25, 0.3) is 49.7 Å². The van der Waals surface area contributed by atoms with Crippen LogP contribution in [0.15, 0.2) is 133 Å². The molecule has 0 fully saturated rings. The van der Waals surface area contributed by atoms with Crippen LogP contribution in [0.1, 0.15) is 0 Å². The van der Waals surface area contributed by atoms with E-state index in [1.165, 1.54) is 32.9 Å². The lowest BCUT2D eigenvalue weighted by atomic mass is 9.69. The summed E-state index contributed by atoms with van der Waals surface area (Å²) in [5.41, 5.74) is 11.4. The van der Waals surface area contributed by atoms with Crippen molar-refractivity contribution in [2.45, 2.75) is 0 Å². The van der Waals surface area contributed by atoms with Gasteiger partial charge in [-0.2, -0.15) is 0 Å². The average Bonchev–Trinajstić information content (AvgIpc) is 3.61. The molecule has 41 heavy (non-hydrogen) atoms. The molecule has 0 radical (unpaired) electrons. The van der Waals surface area contributed by atoms with Gasteiger partial charge in [0.25, 0.3) is 0 Å². The minimum Gasteiger partial charge on any atom is -0.373 e. The van der Waals surface area contributed by atoms with E-state index in [4.69, 9.17) is 0 Å². The molecule has 3 aliphatic heterocycles. The van der Waals surface area contributed by atoms with E-state index in [9.17, 15) is 0 Å². The first-order chi connectivity index (χ1) is 20.2. The van der Waals surface area contributed by atoms with Crippen molar-refractivity contribution in [2.24, 2.45) is 0 Å². The molecule has 4 heterocycles. The molecule has 0 saturated heterocycles. The van der Waals surface area contributed by atoms with Gasteiger partial charge in [-0.15, -0.1) is 0 Å². The first-order valence-electron chi connectivity index (χ1n) is 14.1. The zero-order valence-corrected chi connectivity index (χ0v) is 22.9. The largest absolute Gasteiger partial charge is 0.377 e. The number of benzene rings is 6. The first-order valence-corrected chi connectivity index (χ1v) is 15.9. The van der Waals surface area contributed by atoms with E-state index in [2.05, 4.69) is 143 Å². The van der Waals surface area contributed by atoms with Crippen molar-refractivity contribution in [1.29, 1.82) is 0 Å². The van der Waals surface area contributed by atoms with Gasteiger partial charge in [-0.25, -0.2) is 0 Å². The van der Waals surface area contributed by atoms with Crippen molar-refractivity contribution in [3.63, 3.8) is 0 Å². The molecule has 3 nitrogen and oxygen atoms in total. The number of anilines is 2. The number of fused-ring (bicyclic) bond motifs is 14. The van der Waals surface area contributed by atoms with Crippen molar-refractivity contribution in [3.8, 4) is 27.9 Å². The number of aromatic nitrogens is 1. The smallest absolute Gasteiger partial charge is 0.373 e. The van der Waals surface area contributed by atoms with Crippen molar-refractivity contribution >= 4 is 62.8 Å². The Kier molecular flexibility index (Phi) is 4.01. The second kappa shape index (κ2) is 7.48. The molecule has 0 N–H and O–H groups in total. The highest BCUT2D eigenvalue weighted by atomic mass is 31.2. The maximum Gasteiger partial charge on any atom is 0.377 e. The van der Waals surface area contributed by atoms with E-state index in [-0.39, 0.29) is 6.57 Å². The normalized spacial score (nSPS) is 17.4. The van der Waals surface area contributed by atoms with E-state index in [0.717, 1.165) is 44.3 Å². The summed E-state index contributed by atoms with van der Waals surface area (Å²) < 4.78 is 18.1. The van der Waals surface area contributed by atoms with Crippen LogP contribution in [-0.4, -0.2) is 11.1 Å². The monoisotopic (exact) mass is 540 g/mol. The van der Waals surface area contributed by atoms with Gasteiger partial charge in [0.2, 0.25) is 0 Å². The number of hydrogen-bond acceptors (Lipinski definition) is 2. The quantitative estimate of drug-likeness (QED) is 0.158. The van der Waals surface area contributed by atoms with Gasteiger partial charge in [-0.3, -0.25) is 0 Å². The van der Waals surface area contributed by atoms with Crippen LogP contribution in [0.5, 0.6) is 0 Å². The van der Waals surface area contributed by atoms with Gasteiger partial charge in [0, 0.05) is 44.0 Å². The van der Waals surface area contributed by atoms with Gasteiger partial charge < -0.3 is 13.9 Å². The van der Waals surface area contributed by atoms with Crippen LogP contribution in [0.3, 0.4) is 0 Å². The lowest BCUT2D eigenvalue weighted by molar-refractivity contribution is 0.595. The fourth-order valence-corrected chi connectivity index (χ4v) is 11.7. The molecule has 0 aliphatic carbocycles. The third-order valence-electron chi connectivity index (χ3n) is 9.35. The summed E-state index contributed by atoms with van der Waals surface area (Å²) in [5, 5.41) is 4.48. The molecule has 1 aromatic heterocycles. The fourth-order valence-electron chi connectivity index (χ4n) is 7.81. The minimum absolute atomic E-state index is 0.245. The Morgan fingerprint density at radius 1 is 0.537 bits per heavy atom. The van der Waals surface area contributed by atoms with Gasteiger partial charge in [-0.1, -0.05) is 91.0 Å². The second-order valence-electron chi connectivity index (χ2n) is 11.3. The van der Waals surface area contributed by atoms with E-state index in [1.54, 1.807) is 0 Å². The summed E-state index contributed by atoms with van der Waals surface area (Å²) in [7, 11) is -3.03. The summed E-state index contributed by atoms with van der Waals surface area (Å²) in [6.07, 6.45) is 0. The molecule has 190 valence electrons. The van der Waals surface area contributed by atoms with Gasteiger partial charge in [-0.05, 0) is 64.6 Å². The summed E-state index contributed by atoms with van der Waals surface area (Å²) in [6, 6.07) is 47.4. The van der Waals surface area contributed by atoms with Crippen molar-refractivity contribution < 1.29 is 4.57 Å². The maximum absolute atomic E-state index is 15.8. The van der Waals surface area contributed by atoms with E-state index < -0.39 is 7.02 Å². The Morgan fingerprint density at radius 3 is 1.98 bits per heavy atom. The summed E-state index contributed by atoms with van der Waals surface area (Å²) >= 11 is 0. The number of para-hydroxylation sites is 3. The number of hydrogen-bond donors (Lipinski definition) is 0. The van der Waals surface area contributed by atoms with Crippen molar-refractivity contribution in [3.05, 3.63) is 133 Å². The van der Waals surface area contributed by atoms with Crippen LogP contribution in [-0.2, 0) is 4.57 Å². The molecule has 6 aromatic carbocycles. The molecule has 0 spiro atoms. The standard InChI is InChI=1S/C36H22BN2OP/c40-41-35-21-20-23(38-31-16-6-2-12-26(31)27-13-3-7-17-32(27)38)22-29(35)28-14-9-19-34(36(28)41)39-33-18-8-4-11-25(33)24-10-1-5-15-30(24)37(39)41/h1-22H. The minimum atomic E-state index is -3.03. The SMILES string of the molecule is O=P12B3c4ccccc4-c4ccccc4N3c3cccc(c31)-c1cc(-n3c4ccccc4c4ccccc43)ccc12. The number of rotatable bonds is 1. The molecule has 0 bridgehead atoms. The molecule has 5 heteroatoms. The predicted octanol–water partition coefficient (Wildman–Crippen LogP) is 7.61. The topological polar surface area (TPSA) is 25.2 Å². The van der Waals surface area contributed by atoms with Gasteiger partial charge in [0.05, 0.1) is 11.0 Å². The van der Waals surface area contributed by atoms with E-state index in [1.807, 2.05) is 0 Å². The lowest BCUT2D eigenvalue weighted by Gasteiger charge is -2.35. The Morgan fingerprint density at radius 2 is 1.17 bits per heavy atom. The van der Waals surface area contributed by atoms with Crippen LogP contribution < -0.4 is 20.9 Å². The lowest BCUT2D eigenvalue weighted by Crippen LogP contribution is -2.48. The number of nitrogens with zero attached hydrogens (tertiary/aromatic N) is 2. The van der Waals surface area contributed by atoms with Crippen molar-refractivity contribution in [1.82, 2.24) is 4.57 Å². The summed E-state index contributed by atoms with van der Waals surface area (Å²) in [6.45, 7) is -0.245. The van der Waals surface area contributed by atoms with Gasteiger partial charge in [0.15, 0.2) is 0 Å². The fraction of sp³-hybridized carbons (Fsp3) is 0. The highest BCUT2D eigenvalue weighted by molar-refractivity contribution is 8.09. The molecule has 1 unspecified atom stereocenters. The summed E-state index contributed by atoms with van der Waals surface area (Å²) in [4.78, 5) is 2.36. The zero-order valence-electron chi connectivity index (χ0n) is 22.0. The Labute approximate surface area is 237 Å².